The van der Waals surface area contributed by atoms with Gasteiger partial charge in [-0.25, -0.2) is 0 Å². The lowest BCUT2D eigenvalue weighted by atomic mass is 10.1. The van der Waals surface area contributed by atoms with Gasteiger partial charge in [-0.3, -0.25) is 4.79 Å². The summed E-state index contributed by atoms with van der Waals surface area (Å²) in [6, 6.07) is 0. The van der Waals surface area contributed by atoms with Crippen molar-refractivity contribution >= 4 is 5.91 Å². The molecule has 0 saturated heterocycles. The van der Waals surface area contributed by atoms with Crippen LogP contribution in [-0.2, 0) is 9.53 Å². The number of nitrogens with two attached hydrogens (primary N) is 1. The summed E-state index contributed by atoms with van der Waals surface area (Å²) in [6.45, 7) is 3.63. The summed E-state index contributed by atoms with van der Waals surface area (Å²) in [7, 11) is 1.56. The highest BCUT2D eigenvalue weighted by Gasteiger charge is 2.18. The third-order valence-corrected chi connectivity index (χ3v) is 1.15. The molecule has 0 aromatic heterocycles. The first kappa shape index (κ1) is 8.43. The zero-order valence-corrected chi connectivity index (χ0v) is 6.10. The normalized spacial score (nSPS) is 11.4. The number of rotatable bonds is 3. The van der Waals surface area contributed by atoms with E-state index in [1.54, 1.807) is 7.11 Å². The molecule has 0 spiro atoms. The van der Waals surface area contributed by atoms with Crippen LogP contribution in [0.4, 0.5) is 0 Å². The van der Waals surface area contributed by atoms with E-state index in [-0.39, 0.29) is 12.3 Å². The van der Waals surface area contributed by atoms with Gasteiger partial charge in [-0.05, 0) is 13.8 Å². The SMILES string of the molecule is COC(C)(C)CC(N)=O. The largest absolute Gasteiger partial charge is 0.378 e. The number of primary amides is 1. The number of ether oxygens (including phenoxy) is 1. The van der Waals surface area contributed by atoms with Gasteiger partial charge in [-0.1, -0.05) is 0 Å². The standard InChI is InChI=1S/C6H13NO2/c1-6(2,9-3)4-5(7)8/h4H2,1-3H3,(H2,7,8). The molecule has 0 saturated carbocycles. The highest BCUT2D eigenvalue weighted by molar-refractivity contribution is 5.74. The van der Waals surface area contributed by atoms with Gasteiger partial charge in [-0.15, -0.1) is 0 Å². The first-order chi connectivity index (χ1) is 3.98. The van der Waals surface area contributed by atoms with Gasteiger partial charge in [0, 0.05) is 7.11 Å². The van der Waals surface area contributed by atoms with Crippen LogP contribution in [0.25, 0.3) is 0 Å². The minimum atomic E-state index is -0.411. The van der Waals surface area contributed by atoms with E-state index in [1.165, 1.54) is 0 Å². The summed E-state index contributed by atoms with van der Waals surface area (Å²) in [5.74, 6) is -0.332. The Kier molecular flexibility index (Phi) is 2.65. The van der Waals surface area contributed by atoms with Crippen molar-refractivity contribution in [3.05, 3.63) is 0 Å². The highest BCUT2D eigenvalue weighted by Crippen LogP contribution is 2.10. The Bertz CT molecular complexity index is 110. The molecule has 1 amide bonds. The second-order valence-corrected chi connectivity index (χ2v) is 2.61. The summed E-state index contributed by atoms with van der Waals surface area (Å²) in [5, 5.41) is 0. The predicted octanol–water partition coefficient (Wildman–Crippen LogP) is 0.287. The van der Waals surface area contributed by atoms with E-state index < -0.39 is 5.60 Å². The average Bonchev–Trinajstić information content (AvgIpc) is 1.63. The molecule has 0 bridgehead atoms. The molecule has 0 aliphatic rings. The molecule has 0 aliphatic carbocycles. The maximum atomic E-state index is 10.3. The van der Waals surface area contributed by atoms with E-state index in [2.05, 4.69) is 0 Å². The molecule has 9 heavy (non-hydrogen) atoms. The van der Waals surface area contributed by atoms with Crippen LogP contribution >= 0.6 is 0 Å². The Morgan fingerprint density at radius 2 is 2.11 bits per heavy atom. The van der Waals surface area contributed by atoms with E-state index >= 15 is 0 Å². The molecule has 0 aromatic carbocycles. The van der Waals surface area contributed by atoms with Crippen LogP contribution in [0.15, 0.2) is 0 Å². The van der Waals surface area contributed by atoms with Crippen LogP contribution in [-0.4, -0.2) is 18.6 Å². The van der Waals surface area contributed by atoms with Crippen LogP contribution in [0.5, 0.6) is 0 Å². The van der Waals surface area contributed by atoms with Gasteiger partial charge in [-0.2, -0.15) is 0 Å². The summed E-state index contributed by atoms with van der Waals surface area (Å²) in [6.07, 6.45) is 0.267. The molecule has 0 unspecified atom stereocenters. The lowest BCUT2D eigenvalue weighted by molar-refractivity contribution is -0.122. The quantitative estimate of drug-likeness (QED) is 0.598. The zero-order valence-electron chi connectivity index (χ0n) is 6.10. The minimum absolute atomic E-state index is 0.267. The van der Waals surface area contributed by atoms with E-state index in [9.17, 15) is 4.79 Å². The van der Waals surface area contributed by atoms with E-state index in [4.69, 9.17) is 10.5 Å². The topological polar surface area (TPSA) is 52.3 Å². The van der Waals surface area contributed by atoms with Crippen molar-refractivity contribution in [1.82, 2.24) is 0 Å². The highest BCUT2D eigenvalue weighted by atomic mass is 16.5. The van der Waals surface area contributed by atoms with Crippen molar-refractivity contribution in [2.24, 2.45) is 5.73 Å². The fraction of sp³-hybridized carbons (Fsp3) is 0.833. The van der Waals surface area contributed by atoms with Crippen LogP contribution in [0.1, 0.15) is 20.3 Å². The summed E-state index contributed by atoms with van der Waals surface area (Å²) in [5.41, 5.74) is 4.52. The number of methoxy groups -OCH3 is 1. The first-order valence-corrected chi connectivity index (χ1v) is 2.81. The van der Waals surface area contributed by atoms with Crippen molar-refractivity contribution in [2.75, 3.05) is 7.11 Å². The van der Waals surface area contributed by atoms with Crippen molar-refractivity contribution in [3.63, 3.8) is 0 Å². The second-order valence-electron chi connectivity index (χ2n) is 2.61. The molecule has 0 atom stereocenters. The predicted molar refractivity (Wildman–Crippen MR) is 34.9 cm³/mol. The molecular formula is C6H13NO2. The van der Waals surface area contributed by atoms with Crippen molar-refractivity contribution < 1.29 is 9.53 Å². The molecule has 54 valence electrons. The average molecular weight is 131 g/mol. The first-order valence-electron chi connectivity index (χ1n) is 2.81. The Balaban J connectivity index is 3.71. The number of carbonyl (C=O) groups excluding carboxylic acids is 1. The van der Waals surface area contributed by atoms with Crippen LogP contribution in [0.3, 0.4) is 0 Å². The minimum Gasteiger partial charge on any atom is -0.378 e. The van der Waals surface area contributed by atoms with Gasteiger partial charge in [0.1, 0.15) is 0 Å². The monoisotopic (exact) mass is 131 g/mol. The Morgan fingerprint density at radius 3 is 2.22 bits per heavy atom. The molecule has 0 heterocycles. The van der Waals surface area contributed by atoms with Gasteiger partial charge in [0.2, 0.25) is 5.91 Å². The number of amides is 1. The zero-order chi connectivity index (χ0) is 7.49. The molecule has 0 rings (SSSR count). The van der Waals surface area contributed by atoms with Gasteiger partial charge < -0.3 is 10.5 Å². The maximum absolute atomic E-state index is 10.3. The van der Waals surface area contributed by atoms with E-state index in [0.717, 1.165) is 0 Å². The molecule has 0 radical (unpaired) electrons. The van der Waals surface area contributed by atoms with Crippen molar-refractivity contribution in [1.29, 1.82) is 0 Å². The molecule has 3 nitrogen and oxygen atoms in total. The number of hydrogen-bond acceptors (Lipinski definition) is 2. The second kappa shape index (κ2) is 2.82. The smallest absolute Gasteiger partial charge is 0.220 e. The fourth-order valence-corrected chi connectivity index (χ4v) is 0.492. The Hall–Kier alpha value is -0.570. The van der Waals surface area contributed by atoms with Gasteiger partial charge in [0.15, 0.2) is 0 Å². The molecule has 3 heteroatoms. The number of carbonyl (C=O) groups is 1. The lowest BCUT2D eigenvalue weighted by Gasteiger charge is -2.20. The summed E-state index contributed by atoms with van der Waals surface area (Å²) in [4.78, 5) is 10.3. The fourth-order valence-electron chi connectivity index (χ4n) is 0.492. The Morgan fingerprint density at radius 1 is 1.67 bits per heavy atom. The molecule has 0 aromatic rings. The van der Waals surface area contributed by atoms with Gasteiger partial charge in [0.25, 0.3) is 0 Å². The van der Waals surface area contributed by atoms with Crippen LogP contribution in [0.2, 0.25) is 0 Å². The number of hydrogen-bond donors (Lipinski definition) is 1. The van der Waals surface area contributed by atoms with E-state index in [0.29, 0.717) is 0 Å². The third-order valence-electron chi connectivity index (χ3n) is 1.15. The molecule has 2 N–H and O–H groups in total. The maximum Gasteiger partial charge on any atom is 0.220 e. The van der Waals surface area contributed by atoms with Crippen LogP contribution < -0.4 is 5.73 Å². The van der Waals surface area contributed by atoms with Crippen LogP contribution in [0, 0.1) is 0 Å². The van der Waals surface area contributed by atoms with Gasteiger partial charge >= 0.3 is 0 Å². The van der Waals surface area contributed by atoms with E-state index in [1.807, 2.05) is 13.8 Å². The van der Waals surface area contributed by atoms with Crippen molar-refractivity contribution in [3.8, 4) is 0 Å². The van der Waals surface area contributed by atoms with Crippen molar-refractivity contribution in [2.45, 2.75) is 25.9 Å². The van der Waals surface area contributed by atoms with Gasteiger partial charge in [0.05, 0.1) is 12.0 Å². The summed E-state index contributed by atoms with van der Waals surface area (Å²) >= 11 is 0. The molecule has 0 fully saturated rings. The lowest BCUT2D eigenvalue weighted by Crippen LogP contribution is -2.29. The summed E-state index contributed by atoms with van der Waals surface area (Å²) < 4.78 is 4.95. The molecule has 0 aliphatic heterocycles. The third kappa shape index (κ3) is 3.97. The molecular weight excluding hydrogens is 118 g/mol. The Labute approximate surface area is 55.2 Å².